The summed E-state index contributed by atoms with van der Waals surface area (Å²) < 4.78 is 0. The number of piperidine rings is 1. The van der Waals surface area contributed by atoms with Crippen molar-refractivity contribution in [2.24, 2.45) is 0 Å². The van der Waals surface area contributed by atoms with E-state index in [0.717, 1.165) is 16.7 Å². The lowest BCUT2D eigenvalue weighted by atomic mass is 9.93. The van der Waals surface area contributed by atoms with Gasteiger partial charge in [-0.05, 0) is 16.7 Å². The minimum atomic E-state index is -1.23. The molecule has 4 N–H and O–H groups in total. The number of nitrogens with zero attached hydrogens (tertiary/aromatic N) is 1. The lowest BCUT2D eigenvalue weighted by Crippen LogP contribution is -2.62. The summed E-state index contributed by atoms with van der Waals surface area (Å²) in [6.07, 6.45) is 0.669. The van der Waals surface area contributed by atoms with E-state index < -0.39 is 24.4 Å². The van der Waals surface area contributed by atoms with Crippen molar-refractivity contribution in [3.63, 3.8) is 0 Å². The Kier molecular flexibility index (Phi) is 6.19. The summed E-state index contributed by atoms with van der Waals surface area (Å²) in [5.41, 5.74) is 3.22. The summed E-state index contributed by atoms with van der Waals surface area (Å²) >= 11 is 0. The summed E-state index contributed by atoms with van der Waals surface area (Å²) in [7, 11) is 0. The molecule has 0 radical (unpaired) electrons. The van der Waals surface area contributed by atoms with Crippen LogP contribution in [0.2, 0.25) is 0 Å². The van der Waals surface area contributed by atoms with Crippen LogP contribution in [0.25, 0.3) is 12.2 Å². The van der Waals surface area contributed by atoms with E-state index in [4.69, 9.17) is 0 Å². The number of β-amino-alcohol motifs (C(OH)–C–C–N with tert-alkyl or cyclic N) is 1. The molecule has 1 heterocycles. The zero-order valence-electron chi connectivity index (χ0n) is 14.5. The Labute approximate surface area is 153 Å². The molecule has 3 rings (SSSR count). The van der Waals surface area contributed by atoms with E-state index >= 15 is 0 Å². The Bertz CT molecular complexity index is 717. The summed E-state index contributed by atoms with van der Waals surface area (Å²) in [5, 5.41) is 39.3. The van der Waals surface area contributed by atoms with Crippen LogP contribution in [0, 0.1) is 0 Å². The molecule has 0 aromatic heterocycles. The maximum Gasteiger partial charge on any atom is 0.109 e. The van der Waals surface area contributed by atoms with Gasteiger partial charge in [-0.1, -0.05) is 66.7 Å². The smallest absolute Gasteiger partial charge is 0.109 e. The molecule has 1 saturated heterocycles. The topological polar surface area (TPSA) is 84.2 Å². The minimum Gasteiger partial charge on any atom is -0.395 e. The van der Waals surface area contributed by atoms with E-state index in [1.165, 1.54) is 0 Å². The zero-order valence-corrected chi connectivity index (χ0v) is 14.5. The molecule has 0 spiro atoms. The maximum absolute atomic E-state index is 10.1. The van der Waals surface area contributed by atoms with Gasteiger partial charge in [0.1, 0.15) is 12.2 Å². The fourth-order valence-electron chi connectivity index (χ4n) is 3.29. The van der Waals surface area contributed by atoms with Crippen molar-refractivity contribution >= 4 is 12.2 Å². The number of aliphatic hydroxyl groups excluding tert-OH is 4. The quantitative estimate of drug-likeness (QED) is 0.604. The average Bonchev–Trinajstić information content (AvgIpc) is 2.67. The van der Waals surface area contributed by atoms with E-state index in [2.05, 4.69) is 6.08 Å². The van der Waals surface area contributed by atoms with Gasteiger partial charge in [0.05, 0.1) is 18.8 Å². The normalized spacial score (nSPS) is 27.1. The third-order valence-corrected chi connectivity index (χ3v) is 4.85. The highest BCUT2D eigenvalue weighted by Gasteiger charge is 2.40. The number of hydrogen-bond donors (Lipinski definition) is 4. The molecule has 1 aliphatic rings. The van der Waals surface area contributed by atoms with Gasteiger partial charge in [0.2, 0.25) is 0 Å². The van der Waals surface area contributed by atoms with Gasteiger partial charge in [-0.3, -0.25) is 4.90 Å². The Morgan fingerprint density at radius 1 is 0.846 bits per heavy atom. The van der Waals surface area contributed by atoms with Gasteiger partial charge in [-0.25, -0.2) is 0 Å². The fourth-order valence-corrected chi connectivity index (χ4v) is 3.29. The predicted octanol–water partition coefficient (Wildman–Crippen LogP) is 1.12. The van der Waals surface area contributed by atoms with Crippen LogP contribution < -0.4 is 0 Å². The van der Waals surface area contributed by atoms with Crippen molar-refractivity contribution in [2.75, 3.05) is 13.2 Å². The first-order valence-electron chi connectivity index (χ1n) is 8.79. The van der Waals surface area contributed by atoms with E-state index in [0.29, 0.717) is 6.54 Å². The molecule has 0 unspecified atom stereocenters. The Morgan fingerprint density at radius 3 is 2.08 bits per heavy atom. The molecule has 5 heteroatoms. The minimum absolute atomic E-state index is 0.207. The van der Waals surface area contributed by atoms with Gasteiger partial charge in [0.15, 0.2) is 0 Å². The van der Waals surface area contributed by atoms with Crippen molar-refractivity contribution in [3.05, 3.63) is 71.3 Å². The number of rotatable bonds is 5. The largest absolute Gasteiger partial charge is 0.395 e. The first kappa shape index (κ1) is 18.8. The van der Waals surface area contributed by atoms with Gasteiger partial charge in [0.25, 0.3) is 0 Å². The van der Waals surface area contributed by atoms with Gasteiger partial charge in [-0.15, -0.1) is 0 Å². The van der Waals surface area contributed by atoms with E-state index in [-0.39, 0.29) is 13.2 Å². The molecular formula is C21H25NO4. The molecule has 0 aliphatic carbocycles. The van der Waals surface area contributed by atoms with Crippen LogP contribution in [-0.2, 0) is 6.54 Å². The third-order valence-electron chi connectivity index (χ3n) is 4.85. The number of hydrogen-bond acceptors (Lipinski definition) is 5. The Morgan fingerprint density at radius 2 is 1.46 bits per heavy atom. The second-order valence-electron chi connectivity index (χ2n) is 6.71. The van der Waals surface area contributed by atoms with Crippen molar-refractivity contribution in [3.8, 4) is 0 Å². The first-order valence-corrected chi connectivity index (χ1v) is 8.79. The van der Waals surface area contributed by atoms with Crippen LogP contribution in [0.4, 0.5) is 0 Å². The molecule has 0 amide bonds. The highest BCUT2D eigenvalue weighted by Crippen LogP contribution is 2.21. The number of aliphatic hydroxyl groups is 4. The molecule has 0 bridgehead atoms. The number of likely N-dealkylation sites (tertiary alicyclic amines) is 1. The van der Waals surface area contributed by atoms with Crippen molar-refractivity contribution in [2.45, 2.75) is 30.9 Å². The highest BCUT2D eigenvalue weighted by molar-refractivity contribution is 5.69. The second-order valence-corrected chi connectivity index (χ2v) is 6.71. The summed E-state index contributed by atoms with van der Waals surface area (Å²) in [4.78, 5) is 1.80. The standard InChI is InChI=1S/C21H25NO4/c23-14-18-20(25)21(26)19(24)13-22(18)12-17-10-8-16(9-11-17)7-6-15-4-2-1-3-5-15/h1-11,18-21,23-26H,12-14H2/t18-,19-,20+,21+/m0/s1. The SMILES string of the molecule is OC[C@H]1[C@@H](O)[C@H](O)[C@@H](O)CN1Cc1ccc(C=Cc2ccccc2)cc1. The highest BCUT2D eigenvalue weighted by atomic mass is 16.4. The van der Waals surface area contributed by atoms with E-state index in [9.17, 15) is 20.4 Å². The van der Waals surface area contributed by atoms with Crippen molar-refractivity contribution < 1.29 is 20.4 Å². The van der Waals surface area contributed by atoms with Crippen molar-refractivity contribution in [1.29, 1.82) is 0 Å². The molecule has 4 atom stereocenters. The molecule has 0 saturated carbocycles. The zero-order chi connectivity index (χ0) is 18.5. The Hall–Kier alpha value is -2.02. The fraction of sp³-hybridized carbons (Fsp3) is 0.333. The monoisotopic (exact) mass is 355 g/mol. The van der Waals surface area contributed by atoms with Crippen molar-refractivity contribution in [1.82, 2.24) is 4.90 Å². The summed E-state index contributed by atoms with van der Waals surface area (Å²) in [6, 6.07) is 17.5. The van der Waals surface area contributed by atoms with E-state index in [1.54, 1.807) is 4.90 Å². The molecule has 1 fully saturated rings. The molecule has 1 aliphatic heterocycles. The molecule has 26 heavy (non-hydrogen) atoms. The number of benzene rings is 2. The van der Waals surface area contributed by atoms with Crippen LogP contribution in [0.1, 0.15) is 16.7 Å². The molecule has 2 aromatic rings. The van der Waals surface area contributed by atoms with Crippen LogP contribution in [0.5, 0.6) is 0 Å². The summed E-state index contributed by atoms with van der Waals surface area (Å²) in [5.74, 6) is 0. The lowest BCUT2D eigenvalue weighted by molar-refractivity contribution is -0.147. The van der Waals surface area contributed by atoms with Crippen LogP contribution >= 0.6 is 0 Å². The molecular weight excluding hydrogens is 330 g/mol. The summed E-state index contributed by atoms with van der Waals surface area (Å²) in [6.45, 7) is 0.413. The van der Waals surface area contributed by atoms with Crippen LogP contribution in [-0.4, -0.2) is 62.8 Å². The van der Waals surface area contributed by atoms with Gasteiger partial charge >= 0.3 is 0 Å². The second kappa shape index (κ2) is 8.58. The average molecular weight is 355 g/mol. The molecule has 2 aromatic carbocycles. The lowest BCUT2D eigenvalue weighted by Gasteiger charge is -2.43. The predicted molar refractivity (Wildman–Crippen MR) is 101 cm³/mol. The van der Waals surface area contributed by atoms with Gasteiger partial charge in [-0.2, -0.15) is 0 Å². The van der Waals surface area contributed by atoms with Crippen LogP contribution in [0.15, 0.2) is 54.6 Å². The van der Waals surface area contributed by atoms with E-state index in [1.807, 2.05) is 60.7 Å². The maximum atomic E-state index is 10.1. The Balaban J connectivity index is 1.66. The molecule has 5 nitrogen and oxygen atoms in total. The third kappa shape index (κ3) is 4.38. The first-order chi connectivity index (χ1) is 12.6. The van der Waals surface area contributed by atoms with Gasteiger partial charge in [0, 0.05) is 13.1 Å². The van der Waals surface area contributed by atoms with Gasteiger partial charge < -0.3 is 20.4 Å². The van der Waals surface area contributed by atoms with Crippen LogP contribution in [0.3, 0.4) is 0 Å². The molecule has 138 valence electrons.